The molecule has 19 heavy (non-hydrogen) atoms. The van der Waals surface area contributed by atoms with Gasteiger partial charge in [-0.1, -0.05) is 23.4 Å². The van der Waals surface area contributed by atoms with E-state index in [0.29, 0.717) is 17.4 Å². The van der Waals surface area contributed by atoms with Gasteiger partial charge in [0.2, 0.25) is 0 Å². The Morgan fingerprint density at radius 1 is 1.26 bits per heavy atom. The second-order valence-corrected chi connectivity index (χ2v) is 5.24. The van der Waals surface area contributed by atoms with Crippen LogP contribution < -0.4 is 10.9 Å². The number of nitrogens with one attached hydrogen (secondary N) is 2. The van der Waals surface area contributed by atoms with E-state index in [-0.39, 0.29) is 11.9 Å². The molecule has 2 bridgehead atoms. The van der Waals surface area contributed by atoms with Gasteiger partial charge in [-0.15, -0.1) is 0 Å². The Labute approximate surface area is 111 Å². The molecule has 3 N–H and O–H groups in total. The van der Waals surface area contributed by atoms with Crippen molar-refractivity contribution in [2.45, 2.75) is 25.3 Å². The van der Waals surface area contributed by atoms with Crippen LogP contribution in [0, 0.1) is 11.8 Å². The topological polar surface area (TPSA) is 73.7 Å². The van der Waals surface area contributed by atoms with Crippen LogP contribution in [0.3, 0.4) is 0 Å². The number of hydrazine groups is 1. The van der Waals surface area contributed by atoms with Crippen molar-refractivity contribution in [1.29, 1.82) is 0 Å². The molecule has 0 heterocycles. The third-order valence-corrected chi connectivity index (χ3v) is 4.17. The maximum absolute atomic E-state index is 11.9. The number of hydrogen-bond donors (Lipinski definition) is 3. The van der Waals surface area contributed by atoms with E-state index in [1.807, 2.05) is 18.2 Å². The van der Waals surface area contributed by atoms with Crippen molar-refractivity contribution in [1.82, 2.24) is 10.9 Å². The summed E-state index contributed by atoms with van der Waals surface area (Å²) in [6.07, 6.45) is 3.27. The highest BCUT2D eigenvalue weighted by molar-refractivity contribution is 5.96. The summed E-state index contributed by atoms with van der Waals surface area (Å²) in [6.45, 7) is 0. The normalized spacial score (nSPS) is 30.7. The summed E-state index contributed by atoms with van der Waals surface area (Å²) in [7, 11) is 0. The molecule has 5 heteroatoms. The number of benzene rings is 1. The van der Waals surface area contributed by atoms with Gasteiger partial charge in [0, 0.05) is 11.5 Å². The SMILES string of the molecule is O=C(NNC1/C(=N\O)C2CCC1C2)c1ccccc1. The molecule has 1 aromatic rings. The minimum atomic E-state index is -0.166. The van der Waals surface area contributed by atoms with E-state index in [2.05, 4.69) is 16.0 Å². The van der Waals surface area contributed by atoms with Crippen LogP contribution in [0.4, 0.5) is 0 Å². The molecule has 1 amide bonds. The molecule has 0 spiro atoms. The van der Waals surface area contributed by atoms with Crippen LogP contribution in [0.5, 0.6) is 0 Å². The van der Waals surface area contributed by atoms with E-state index in [1.54, 1.807) is 12.1 Å². The number of amides is 1. The maximum Gasteiger partial charge on any atom is 0.265 e. The average molecular weight is 259 g/mol. The summed E-state index contributed by atoms with van der Waals surface area (Å²) in [5, 5.41) is 12.5. The predicted octanol–water partition coefficient (Wildman–Crippen LogP) is 1.55. The highest BCUT2D eigenvalue weighted by Gasteiger charge is 2.45. The second-order valence-electron chi connectivity index (χ2n) is 5.24. The minimum Gasteiger partial charge on any atom is -0.411 e. The van der Waals surface area contributed by atoms with Crippen molar-refractivity contribution < 1.29 is 10.0 Å². The van der Waals surface area contributed by atoms with Crippen LogP contribution in [-0.4, -0.2) is 22.9 Å². The lowest BCUT2D eigenvalue weighted by atomic mass is 9.94. The lowest BCUT2D eigenvalue weighted by molar-refractivity contribution is 0.0925. The predicted molar refractivity (Wildman–Crippen MR) is 70.9 cm³/mol. The van der Waals surface area contributed by atoms with Crippen LogP contribution >= 0.6 is 0 Å². The van der Waals surface area contributed by atoms with Gasteiger partial charge >= 0.3 is 0 Å². The molecule has 3 rings (SSSR count). The van der Waals surface area contributed by atoms with Gasteiger partial charge in [-0.05, 0) is 37.3 Å². The van der Waals surface area contributed by atoms with Crippen molar-refractivity contribution in [3.8, 4) is 0 Å². The minimum absolute atomic E-state index is 0.0311. The van der Waals surface area contributed by atoms with Crippen LogP contribution in [-0.2, 0) is 0 Å². The number of carbonyl (C=O) groups is 1. The Kier molecular flexibility index (Phi) is 3.21. The van der Waals surface area contributed by atoms with Crippen molar-refractivity contribution in [2.24, 2.45) is 17.0 Å². The maximum atomic E-state index is 11.9. The lowest BCUT2D eigenvalue weighted by Crippen LogP contribution is -2.50. The Morgan fingerprint density at radius 2 is 2.05 bits per heavy atom. The molecule has 2 fully saturated rings. The summed E-state index contributed by atoms with van der Waals surface area (Å²) in [6, 6.07) is 9.02. The highest BCUT2D eigenvalue weighted by Crippen LogP contribution is 2.42. The Hall–Kier alpha value is -1.88. The number of rotatable bonds is 3. The molecule has 0 aliphatic heterocycles. The van der Waals surface area contributed by atoms with Gasteiger partial charge in [-0.2, -0.15) is 0 Å². The van der Waals surface area contributed by atoms with Crippen LogP contribution in [0.2, 0.25) is 0 Å². The first-order chi connectivity index (χ1) is 9.29. The molecule has 3 unspecified atom stereocenters. The molecule has 2 aliphatic carbocycles. The Bertz CT molecular complexity index is 501. The average Bonchev–Trinajstić information content (AvgIpc) is 3.06. The smallest absolute Gasteiger partial charge is 0.265 e. The van der Waals surface area contributed by atoms with Crippen LogP contribution in [0.15, 0.2) is 35.5 Å². The van der Waals surface area contributed by atoms with Crippen molar-refractivity contribution >= 4 is 11.6 Å². The molecular formula is C14H17N3O2. The molecule has 3 atom stereocenters. The first-order valence-electron chi connectivity index (χ1n) is 6.62. The van der Waals surface area contributed by atoms with E-state index >= 15 is 0 Å². The first-order valence-corrected chi connectivity index (χ1v) is 6.62. The first kappa shape index (κ1) is 12.2. The largest absolute Gasteiger partial charge is 0.411 e. The summed E-state index contributed by atoms with van der Waals surface area (Å²) >= 11 is 0. The Balaban J connectivity index is 1.62. The summed E-state index contributed by atoms with van der Waals surface area (Å²) in [5.74, 6) is 0.675. The van der Waals surface area contributed by atoms with Gasteiger partial charge in [0.15, 0.2) is 0 Å². The van der Waals surface area contributed by atoms with Gasteiger partial charge in [0.1, 0.15) is 0 Å². The van der Waals surface area contributed by atoms with Gasteiger partial charge in [-0.25, -0.2) is 5.43 Å². The van der Waals surface area contributed by atoms with E-state index < -0.39 is 0 Å². The molecular weight excluding hydrogens is 242 g/mol. The number of hydrogen-bond acceptors (Lipinski definition) is 4. The number of fused-ring (bicyclic) bond motifs is 2. The van der Waals surface area contributed by atoms with Crippen LogP contribution in [0.25, 0.3) is 0 Å². The number of carbonyl (C=O) groups excluding carboxylic acids is 1. The van der Waals surface area contributed by atoms with Crippen molar-refractivity contribution in [3.63, 3.8) is 0 Å². The fraction of sp³-hybridized carbons (Fsp3) is 0.429. The fourth-order valence-corrected chi connectivity index (χ4v) is 3.22. The van der Waals surface area contributed by atoms with Gasteiger partial charge in [0.05, 0.1) is 11.8 Å². The third kappa shape index (κ3) is 2.21. The standard InChI is InChI=1S/C14H17N3O2/c18-14(9-4-2-1-3-5-9)16-15-12-10-6-7-11(8-10)13(12)17-19/h1-5,10-12,15,19H,6-8H2,(H,16,18)/b17-13-. The highest BCUT2D eigenvalue weighted by atomic mass is 16.4. The molecule has 1 aromatic carbocycles. The quantitative estimate of drug-likeness (QED) is 0.569. The molecule has 2 saturated carbocycles. The molecule has 100 valence electrons. The van der Waals surface area contributed by atoms with Gasteiger partial charge in [-0.3, -0.25) is 10.2 Å². The van der Waals surface area contributed by atoms with Crippen molar-refractivity contribution in [3.05, 3.63) is 35.9 Å². The molecule has 0 saturated heterocycles. The molecule has 0 radical (unpaired) electrons. The monoisotopic (exact) mass is 259 g/mol. The zero-order chi connectivity index (χ0) is 13.2. The van der Waals surface area contributed by atoms with Crippen LogP contribution in [0.1, 0.15) is 29.6 Å². The number of oxime groups is 1. The van der Waals surface area contributed by atoms with E-state index in [9.17, 15) is 4.79 Å². The zero-order valence-corrected chi connectivity index (χ0v) is 10.5. The van der Waals surface area contributed by atoms with Gasteiger partial charge < -0.3 is 5.21 Å². The van der Waals surface area contributed by atoms with E-state index in [1.165, 1.54) is 0 Å². The number of nitrogens with zero attached hydrogens (tertiary/aromatic N) is 1. The fourth-order valence-electron chi connectivity index (χ4n) is 3.22. The van der Waals surface area contributed by atoms with Crippen molar-refractivity contribution in [2.75, 3.05) is 0 Å². The second kappa shape index (κ2) is 5.01. The molecule has 0 aromatic heterocycles. The summed E-state index contributed by atoms with van der Waals surface area (Å²) in [5.41, 5.74) is 7.12. The molecule has 5 nitrogen and oxygen atoms in total. The lowest BCUT2D eigenvalue weighted by Gasteiger charge is -2.24. The molecule has 2 aliphatic rings. The van der Waals surface area contributed by atoms with E-state index in [4.69, 9.17) is 5.21 Å². The van der Waals surface area contributed by atoms with E-state index in [0.717, 1.165) is 25.0 Å². The third-order valence-electron chi connectivity index (χ3n) is 4.17. The summed E-state index contributed by atoms with van der Waals surface area (Å²) in [4.78, 5) is 11.9. The zero-order valence-electron chi connectivity index (χ0n) is 10.5. The van der Waals surface area contributed by atoms with Gasteiger partial charge in [0.25, 0.3) is 5.91 Å². The Morgan fingerprint density at radius 3 is 2.79 bits per heavy atom. The summed E-state index contributed by atoms with van der Waals surface area (Å²) < 4.78 is 0.